The average Bonchev–Trinajstić information content (AvgIpc) is 2.66. The minimum absolute atomic E-state index is 0.0489. The van der Waals surface area contributed by atoms with Crippen LogP contribution in [-0.2, 0) is 0 Å². The zero-order chi connectivity index (χ0) is 18.9. The van der Waals surface area contributed by atoms with Gasteiger partial charge in [0.25, 0.3) is 0 Å². The maximum Gasteiger partial charge on any atom is 0.165 e. The van der Waals surface area contributed by atoms with Gasteiger partial charge in [0.15, 0.2) is 5.78 Å². The second kappa shape index (κ2) is 16.1. The highest BCUT2D eigenvalue weighted by atomic mass is 16.3. The lowest BCUT2D eigenvalue weighted by atomic mass is 10.0. The van der Waals surface area contributed by atoms with Crippen LogP contribution in [0.25, 0.3) is 0 Å². The zero-order valence-electron chi connectivity index (χ0n) is 16.9. The van der Waals surface area contributed by atoms with Crippen molar-refractivity contribution in [2.24, 2.45) is 0 Å². The van der Waals surface area contributed by atoms with E-state index in [1.165, 1.54) is 77.0 Å². The summed E-state index contributed by atoms with van der Waals surface area (Å²) < 4.78 is 0. The molecule has 148 valence electrons. The molecule has 0 bridgehead atoms. The summed E-state index contributed by atoms with van der Waals surface area (Å²) in [6, 6.07) is 9.28. The second-order valence-corrected chi connectivity index (χ2v) is 7.68. The molecule has 0 saturated carbocycles. The Balaban J connectivity index is 1.87. The Kier molecular flexibility index (Phi) is 14.1. The Bertz CT molecular complexity index is 441. The number of carbonyl (C=O) groups is 1. The van der Waals surface area contributed by atoms with Gasteiger partial charge in [0.2, 0.25) is 0 Å². The summed E-state index contributed by atoms with van der Waals surface area (Å²) in [7, 11) is 0. The van der Waals surface area contributed by atoms with Crippen molar-refractivity contribution in [1.29, 1.82) is 0 Å². The van der Waals surface area contributed by atoms with Gasteiger partial charge >= 0.3 is 0 Å². The number of aliphatic hydroxyl groups is 1. The molecule has 1 unspecified atom stereocenters. The van der Waals surface area contributed by atoms with Crippen molar-refractivity contribution in [1.82, 2.24) is 0 Å². The van der Waals surface area contributed by atoms with Crippen LogP contribution in [0.5, 0.6) is 0 Å². The minimum Gasteiger partial charge on any atom is -0.393 e. The van der Waals surface area contributed by atoms with Crippen LogP contribution >= 0.6 is 0 Å². The third kappa shape index (κ3) is 12.2. The van der Waals surface area contributed by atoms with E-state index in [4.69, 9.17) is 0 Å². The van der Waals surface area contributed by atoms with E-state index in [0.29, 0.717) is 5.56 Å². The molecule has 26 heavy (non-hydrogen) atoms. The van der Waals surface area contributed by atoms with Gasteiger partial charge in [0.1, 0.15) is 0 Å². The van der Waals surface area contributed by atoms with Gasteiger partial charge in [0.05, 0.1) is 6.10 Å². The first-order valence-electron chi connectivity index (χ1n) is 11.0. The summed E-state index contributed by atoms with van der Waals surface area (Å²) in [5, 5.41) is 10.0. The lowest BCUT2D eigenvalue weighted by Crippen LogP contribution is -2.13. The smallest absolute Gasteiger partial charge is 0.165 e. The molecule has 0 aliphatic carbocycles. The summed E-state index contributed by atoms with van der Waals surface area (Å²) in [6.45, 7) is 2.27. The highest BCUT2D eigenvalue weighted by Gasteiger charge is 2.12. The Morgan fingerprint density at radius 3 is 1.73 bits per heavy atom. The van der Waals surface area contributed by atoms with Crippen LogP contribution in [0.2, 0.25) is 0 Å². The molecule has 1 rings (SSSR count). The van der Waals surface area contributed by atoms with Gasteiger partial charge in [-0.1, -0.05) is 121 Å². The van der Waals surface area contributed by atoms with Gasteiger partial charge < -0.3 is 5.11 Å². The van der Waals surface area contributed by atoms with E-state index in [2.05, 4.69) is 6.92 Å². The number of unbranched alkanes of at least 4 members (excludes halogenated alkanes) is 12. The summed E-state index contributed by atoms with van der Waals surface area (Å²) in [5.41, 5.74) is 0.705. The van der Waals surface area contributed by atoms with Crippen LogP contribution in [0.1, 0.15) is 114 Å². The molecule has 0 spiro atoms. The highest BCUT2D eigenvalue weighted by molar-refractivity contribution is 5.96. The van der Waals surface area contributed by atoms with Crippen molar-refractivity contribution in [2.45, 2.75) is 109 Å². The van der Waals surface area contributed by atoms with Crippen molar-refractivity contribution in [3.05, 3.63) is 35.9 Å². The highest BCUT2D eigenvalue weighted by Crippen LogP contribution is 2.15. The molecule has 1 N–H and O–H groups in total. The molecule has 2 heteroatoms. The summed E-state index contributed by atoms with van der Waals surface area (Å²) in [6.07, 6.45) is 17.8. The predicted octanol–water partition coefficient (Wildman–Crippen LogP) is 7.10. The fourth-order valence-electron chi connectivity index (χ4n) is 3.46. The maximum atomic E-state index is 12.0. The third-order valence-electron chi connectivity index (χ3n) is 5.16. The number of hydrogen-bond acceptors (Lipinski definition) is 2. The molecular formula is C24H40O2. The van der Waals surface area contributed by atoms with Gasteiger partial charge in [-0.3, -0.25) is 4.79 Å². The number of Topliss-reactive ketones (excluding diaryl/α,β-unsaturated/α-hetero) is 1. The van der Waals surface area contributed by atoms with Crippen molar-refractivity contribution in [3.8, 4) is 0 Å². The summed E-state index contributed by atoms with van der Waals surface area (Å²) in [4.78, 5) is 12.0. The van der Waals surface area contributed by atoms with E-state index in [9.17, 15) is 9.90 Å². The maximum absolute atomic E-state index is 12.0. The predicted molar refractivity (Wildman–Crippen MR) is 112 cm³/mol. The van der Waals surface area contributed by atoms with Gasteiger partial charge in [-0.25, -0.2) is 0 Å². The van der Waals surface area contributed by atoms with Crippen LogP contribution in [0.3, 0.4) is 0 Å². The fourth-order valence-corrected chi connectivity index (χ4v) is 3.46. The fraction of sp³-hybridized carbons (Fsp3) is 0.708. The quantitative estimate of drug-likeness (QED) is 0.237. The Morgan fingerprint density at radius 1 is 0.769 bits per heavy atom. The number of aliphatic hydroxyl groups excluding tert-OH is 1. The first-order valence-corrected chi connectivity index (χ1v) is 11.0. The normalized spacial score (nSPS) is 12.2. The van der Waals surface area contributed by atoms with Crippen LogP contribution in [-0.4, -0.2) is 17.0 Å². The third-order valence-corrected chi connectivity index (χ3v) is 5.16. The van der Waals surface area contributed by atoms with Crippen LogP contribution in [0.15, 0.2) is 30.3 Å². The van der Waals surface area contributed by atoms with Gasteiger partial charge in [-0.2, -0.15) is 0 Å². The molecule has 1 atom stereocenters. The van der Waals surface area contributed by atoms with Crippen LogP contribution < -0.4 is 0 Å². The molecule has 0 aliphatic rings. The molecule has 2 nitrogen and oxygen atoms in total. The Hall–Kier alpha value is -1.15. The number of rotatable bonds is 17. The molecule has 0 fully saturated rings. The molecule has 0 radical (unpaired) electrons. The van der Waals surface area contributed by atoms with E-state index in [1.807, 2.05) is 30.3 Å². The van der Waals surface area contributed by atoms with Crippen LogP contribution in [0.4, 0.5) is 0 Å². The second-order valence-electron chi connectivity index (χ2n) is 7.68. The SMILES string of the molecule is CCCCCCCCCCCCCCCC(O)CC(=O)c1ccccc1. The van der Waals surface area contributed by atoms with E-state index < -0.39 is 6.10 Å². The Morgan fingerprint density at radius 2 is 1.23 bits per heavy atom. The van der Waals surface area contributed by atoms with Crippen molar-refractivity contribution in [2.75, 3.05) is 0 Å². The standard InChI is InChI=1S/C24H40O2/c1-2-3-4-5-6-7-8-9-10-11-12-13-17-20-23(25)21-24(26)22-18-15-14-16-19-22/h14-16,18-19,23,25H,2-13,17,20-21H2,1H3. The summed E-state index contributed by atoms with van der Waals surface area (Å²) in [5.74, 6) is 0.0489. The molecule has 0 saturated heterocycles. The zero-order valence-corrected chi connectivity index (χ0v) is 16.9. The molecule has 0 aromatic heterocycles. The topological polar surface area (TPSA) is 37.3 Å². The minimum atomic E-state index is -0.490. The molecule has 0 aliphatic heterocycles. The molecule has 0 amide bonds. The average molecular weight is 361 g/mol. The van der Waals surface area contributed by atoms with Crippen molar-refractivity contribution >= 4 is 5.78 Å². The molecule has 0 heterocycles. The van der Waals surface area contributed by atoms with E-state index in [0.717, 1.165) is 12.8 Å². The number of hydrogen-bond donors (Lipinski definition) is 1. The lowest BCUT2D eigenvalue weighted by molar-refractivity contribution is 0.0864. The monoisotopic (exact) mass is 360 g/mol. The van der Waals surface area contributed by atoms with Crippen LogP contribution in [0, 0.1) is 0 Å². The van der Waals surface area contributed by atoms with Gasteiger partial charge in [0, 0.05) is 12.0 Å². The van der Waals surface area contributed by atoms with Gasteiger partial charge in [-0.15, -0.1) is 0 Å². The number of carbonyl (C=O) groups excluding carboxylic acids is 1. The van der Waals surface area contributed by atoms with E-state index in [-0.39, 0.29) is 12.2 Å². The molecule has 1 aromatic rings. The molecular weight excluding hydrogens is 320 g/mol. The van der Waals surface area contributed by atoms with E-state index >= 15 is 0 Å². The Labute approximate surface area is 161 Å². The summed E-state index contributed by atoms with van der Waals surface area (Å²) >= 11 is 0. The number of benzene rings is 1. The van der Waals surface area contributed by atoms with Crippen molar-refractivity contribution < 1.29 is 9.90 Å². The first kappa shape index (κ1) is 22.9. The van der Waals surface area contributed by atoms with Gasteiger partial charge in [-0.05, 0) is 6.42 Å². The van der Waals surface area contributed by atoms with E-state index in [1.54, 1.807) is 0 Å². The van der Waals surface area contributed by atoms with Crippen molar-refractivity contribution in [3.63, 3.8) is 0 Å². The number of ketones is 1. The first-order chi connectivity index (χ1) is 12.7. The molecule has 1 aromatic carbocycles. The largest absolute Gasteiger partial charge is 0.393 e. The lowest BCUT2D eigenvalue weighted by Gasteiger charge is -2.09.